The topological polar surface area (TPSA) is 131 Å². The summed E-state index contributed by atoms with van der Waals surface area (Å²) < 4.78 is 9.39. The third-order valence-electron chi connectivity index (χ3n) is 4.36. The minimum absolute atomic E-state index is 0.161. The summed E-state index contributed by atoms with van der Waals surface area (Å²) in [6.45, 7) is 0. The number of aromatic hydroxyl groups is 1. The minimum Gasteiger partial charge on any atom is -0.506 e. The van der Waals surface area contributed by atoms with Gasteiger partial charge in [0.25, 0.3) is 5.56 Å². The van der Waals surface area contributed by atoms with E-state index in [1.807, 2.05) is 0 Å². The molecule has 0 fully saturated rings. The number of hydrogen-bond donors (Lipinski definition) is 2. The van der Waals surface area contributed by atoms with Gasteiger partial charge in [-0.05, 0) is 11.6 Å². The highest BCUT2D eigenvalue weighted by molar-refractivity contribution is 5.92. The number of fused-ring (bicyclic) bond motifs is 1. The number of ether oxygens (including phenoxy) is 2. The van der Waals surface area contributed by atoms with Crippen molar-refractivity contribution in [1.29, 1.82) is 0 Å². The van der Waals surface area contributed by atoms with E-state index in [9.17, 15) is 19.5 Å². The van der Waals surface area contributed by atoms with Crippen molar-refractivity contribution in [1.82, 2.24) is 15.0 Å². The van der Waals surface area contributed by atoms with Crippen molar-refractivity contribution < 1.29 is 24.2 Å². The lowest BCUT2D eigenvalue weighted by Crippen LogP contribution is -2.22. The first kappa shape index (κ1) is 19.0. The van der Waals surface area contributed by atoms with E-state index in [0.717, 1.165) is 13.3 Å². The largest absolute Gasteiger partial charge is 0.506 e. The lowest BCUT2D eigenvalue weighted by atomic mass is 9.87. The van der Waals surface area contributed by atoms with Crippen LogP contribution in [0.2, 0.25) is 0 Å². The number of para-hydroxylation sites is 1. The molecule has 0 saturated heterocycles. The first-order chi connectivity index (χ1) is 13.5. The maximum atomic E-state index is 12.6. The Morgan fingerprint density at radius 2 is 1.93 bits per heavy atom. The minimum atomic E-state index is -0.929. The highest BCUT2D eigenvalue weighted by Gasteiger charge is 2.29. The third-order valence-corrected chi connectivity index (χ3v) is 4.36. The number of nitrogens with one attached hydrogen (secondary N) is 1. The monoisotopic (exact) mass is 383 g/mol. The van der Waals surface area contributed by atoms with Crippen molar-refractivity contribution in [3.8, 4) is 5.75 Å². The Bertz CT molecular complexity index is 1100. The van der Waals surface area contributed by atoms with Gasteiger partial charge in [-0.3, -0.25) is 19.6 Å². The lowest BCUT2D eigenvalue weighted by Gasteiger charge is -2.19. The molecule has 1 unspecified atom stereocenters. The summed E-state index contributed by atoms with van der Waals surface area (Å²) in [4.78, 5) is 47.5. The number of esters is 2. The molecule has 144 valence electrons. The van der Waals surface area contributed by atoms with E-state index in [2.05, 4.69) is 19.7 Å². The zero-order chi connectivity index (χ0) is 20.3. The summed E-state index contributed by atoms with van der Waals surface area (Å²) in [6, 6.07) is 5.11. The molecule has 9 heteroatoms. The highest BCUT2D eigenvalue weighted by Crippen LogP contribution is 2.36. The molecule has 0 spiro atoms. The molecule has 9 nitrogen and oxygen atoms in total. The van der Waals surface area contributed by atoms with Gasteiger partial charge in [-0.25, -0.2) is 4.79 Å². The summed E-state index contributed by atoms with van der Waals surface area (Å²) in [5, 5.41) is 10.7. The van der Waals surface area contributed by atoms with Crippen LogP contribution in [0.5, 0.6) is 5.75 Å². The van der Waals surface area contributed by atoms with E-state index < -0.39 is 29.2 Å². The van der Waals surface area contributed by atoms with Crippen LogP contribution in [0.1, 0.15) is 33.8 Å². The zero-order valence-electron chi connectivity index (χ0n) is 15.1. The molecule has 2 heterocycles. The number of H-pyrrole nitrogens is 1. The second-order valence-corrected chi connectivity index (χ2v) is 5.89. The van der Waals surface area contributed by atoms with Gasteiger partial charge in [0.2, 0.25) is 0 Å². The average molecular weight is 383 g/mol. The molecule has 0 bridgehead atoms. The predicted octanol–water partition coefficient (Wildman–Crippen LogP) is 1.51. The first-order valence-electron chi connectivity index (χ1n) is 8.27. The second-order valence-electron chi connectivity index (χ2n) is 5.89. The molecule has 2 aromatic heterocycles. The van der Waals surface area contributed by atoms with E-state index in [0.29, 0.717) is 16.6 Å². The fourth-order valence-corrected chi connectivity index (χ4v) is 3.04. The van der Waals surface area contributed by atoms with Gasteiger partial charge in [-0.15, -0.1) is 0 Å². The second kappa shape index (κ2) is 7.87. The zero-order valence-corrected chi connectivity index (χ0v) is 15.1. The molecule has 0 aliphatic carbocycles. The van der Waals surface area contributed by atoms with Crippen LogP contribution >= 0.6 is 0 Å². The number of hydrogen-bond acceptors (Lipinski definition) is 8. The van der Waals surface area contributed by atoms with Gasteiger partial charge < -0.3 is 19.6 Å². The molecule has 0 saturated carbocycles. The number of methoxy groups -OCH3 is 2. The third kappa shape index (κ3) is 3.41. The van der Waals surface area contributed by atoms with Crippen LogP contribution in [0, 0.1) is 0 Å². The standard InChI is InChI=1S/C19H17N3O6/c1-27-14(23)8-11(10-4-3-5-13-16(10)21-7-6-20-13)15-17(24)12(19(26)28-2)9-22-18(15)25/h3-7,9,11H,8H2,1-2H3,(H2,22,24,25). The van der Waals surface area contributed by atoms with Crippen LogP contribution in [-0.2, 0) is 14.3 Å². The van der Waals surface area contributed by atoms with E-state index in [1.54, 1.807) is 18.2 Å². The normalized spacial score (nSPS) is 11.8. The molecule has 0 aliphatic heterocycles. The Morgan fingerprint density at radius 1 is 1.18 bits per heavy atom. The fourth-order valence-electron chi connectivity index (χ4n) is 3.04. The molecule has 0 aliphatic rings. The Labute approximate surface area is 159 Å². The Kier molecular flexibility index (Phi) is 5.35. The lowest BCUT2D eigenvalue weighted by molar-refractivity contribution is -0.140. The predicted molar refractivity (Wildman–Crippen MR) is 98.1 cm³/mol. The molecule has 3 aromatic rings. The number of benzene rings is 1. The number of carbonyl (C=O) groups excluding carboxylic acids is 2. The van der Waals surface area contributed by atoms with Gasteiger partial charge >= 0.3 is 11.9 Å². The molecular weight excluding hydrogens is 366 g/mol. The summed E-state index contributed by atoms with van der Waals surface area (Å²) in [5.74, 6) is -2.93. The number of aromatic nitrogens is 3. The maximum absolute atomic E-state index is 12.6. The molecular formula is C19H17N3O6. The van der Waals surface area contributed by atoms with Crippen molar-refractivity contribution in [2.45, 2.75) is 12.3 Å². The van der Waals surface area contributed by atoms with Crippen molar-refractivity contribution >= 4 is 23.0 Å². The van der Waals surface area contributed by atoms with Gasteiger partial charge in [0.15, 0.2) is 0 Å². The summed E-state index contributed by atoms with van der Waals surface area (Å²) in [7, 11) is 2.37. The molecule has 1 atom stereocenters. The van der Waals surface area contributed by atoms with Gasteiger partial charge in [0, 0.05) is 24.5 Å². The molecule has 1 aromatic carbocycles. The molecule has 0 amide bonds. The Hall–Kier alpha value is -3.75. The quantitative estimate of drug-likeness (QED) is 0.634. The number of carbonyl (C=O) groups is 2. The van der Waals surface area contributed by atoms with Crippen molar-refractivity contribution in [2.24, 2.45) is 0 Å². The van der Waals surface area contributed by atoms with Crippen LogP contribution in [0.4, 0.5) is 0 Å². The van der Waals surface area contributed by atoms with Crippen molar-refractivity contribution in [3.63, 3.8) is 0 Å². The summed E-state index contributed by atoms with van der Waals surface area (Å²) >= 11 is 0. The summed E-state index contributed by atoms with van der Waals surface area (Å²) in [5.41, 5.74) is 0.458. The van der Waals surface area contributed by atoms with Crippen LogP contribution in [0.15, 0.2) is 41.6 Å². The molecule has 28 heavy (non-hydrogen) atoms. The fraction of sp³-hybridized carbons (Fsp3) is 0.211. The number of pyridine rings is 1. The first-order valence-corrected chi connectivity index (χ1v) is 8.27. The highest BCUT2D eigenvalue weighted by atomic mass is 16.5. The Balaban J connectivity index is 2.29. The maximum Gasteiger partial charge on any atom is 0.343 e. The molecule has 3 rings (SSSR count). The number of rotatable bonds is 5. The van der Waals surface area contributed by atoms with E-state index >= 15 is 0 Å². The smallest absolute Gasteiger partial charge is 0.343 e. The van der Waals surface area contributed by atoms with Crippen LogP contribution in [-0.4, -0.2) is 46.2 Å². The van der Waals surface area contributed by atoms with Gasteiger partial charge in [0.1, 0.15) is 11.3 Å². The summed E-state index contributed by atoms with van der Waals surface area (Å²) in [6.07, 6.45) is 3.80. The molecule has 2 N–H and O–H groups in total. The SMILES string of the molecule is COC(=O)CC(c1c(O)c(C(=O)OC)c[nH]c1=O)c1cccc2nccnc12. The van der Waals surface area contributed by atoms with Crippen molar-refractivity contribution in [3.05, 3.63) is 63.8 Å². The van der Waals surface area contributed by atoms with Crippen LogP contribution in [0.25, 0.3) is 11.0 Å². The van der Waals surface area contributed by atoms with Gasteiger partial charge in [-0.2, -0.15) is 0 Å². The Morgan fingerprint density at radius 3 is 2.64 bits per heavy atom. The number of nitrogens with zero attached hydrogens (tertiary/aromatic N) is 2. The van der Waals surface area contributed by atoms with Crippen LogP contribution < -0.4 is 5.56 Å². The van der Waals surface area contributed by atoms with Crippen LogP contribution in [0.3, 0.4) is 0 Å². The van der Waals surface area contributed by atoms with Gasteiger partial charge in [0.05, 0.1) is 37.2 Å². The van der Waals surface area contributed by atoms with E-state index in [1.165, 1.54) is 19.5 Å². The molecule has 0 radical (unpaired) electrons. The number of aromatic amines is 1. The van der Waals surface area contributed by atoms with Gasteiger partial charge in [-0.1, -0.05) is 12.1 Å². The van der Waals surface area contributed by atoms with E-state index in [4.69, 9.17) is 4.74 Å². The van der Waals surface area contributed by atoms with Crippen molar-refractivity contribution in [2.75, 3.05) is 14.2 Å². The van der Waals surface area contributed by atoms with E-state index in [-0.39, 0.29) is 17.5 Å². The average Bonchev–Trinajstić information content (AvgIpc) is 2.72.